The molecule has 0 radical (unpaired) electrons. The molecule has 0 N–H and O–H groups in total. The summed E-state index contributed by atoms with van der Waals surface area (Å²) >= 11 is 0. The largest absolute Gasteiger partial charge is 0.493 e. The van der Waals surface area contributed by atoms with Crippen LogP contribution < -0.4 is 23.7 Å². The first-order chi connectivity index (χ1) is 16.2. The van der Waals surface area contributed by atoms with Gasteiger partial charge in [0.1, 0.15) is 41.7 Å². The molecule has 34 heavy (non-hydrogen) atoms. The zero-order valence-electron chi connectivity index (χ0n) is 19.9. The van der Waals surface area contributed by atoms with E-state index in [9.17, 15) is 4.79 Å². The number of ether oxygens (including phenoxy) is 7. The summed E-state index contributed by atoms with van der Waals surface area (Å²) in [5.74, 6) is 1.86. The Labute approximate surface area is 198 Å². The van der Waals surface area contributed by atoms with E-state index < -0.39 is 23.4 Å². The van der Waals surface area contributed by atoms with Crippen molar-refractivity contribution in [3.05, 3.63) is 41.0 Å². The van der Waals surface area contributed by atoms with Crippen LogP contribution in [0.25, 0.3) is 0 Å². The highest BCUT2D eigenvalue weighted by atomic mass is 16.8. The number of ketones is 1. The van der Waals surface area contributed by atoms with Gasteiger partial charge in [0.05, 0.1) is 32.3 Å². The summed E-state index contributed by atoms with van der Waals surface area (Å²) in [6.07, 6.45) is -0.120. The van der Waals surface area contributed by atoms with Crippen LogP contribution in [-0.2, 0) is 15.9 Å². The van der Waals surface area contributed by atoms with Gasteiger partial charge in [0.25, 0.3) is 0 Å². The van der Waals surface area contributed by atoms with E-state index in [1.165, 1.54) is 0 Å². The molecule has 4 heterocycles. The van der Waals surface area contributed by atoms with Gasteiger partial charge in [-0.3, -0.25) is 4.79 Å². The van der Waals surface area contributed by atoms with Crippen molar-refractivity contribution in [2.24, 2.45) is 0 Å². The third-order valence-electron chi connectivity index (χ3n) is 7.19. The number of benzene rings is 2. The summed E-state index contributed by atoms with van der Waals surface area (Å²) in [5.41, 5.74) is 1.59. The molecule has 1 fully saturated rings. The van der Waals surface area contributed by atoms with E-state index in [1.54, 1.807) is 26.4 Å². The minimum atomic E-state index is -0.664. The van der Waals surface area contributed by atoms with Gasteiger partial charge in [0.2, 0.25) is 0 Å². The zero-order chi connectivity index (χ0) is 23.8. The smallest absolute Gasteiger partial charge is 0.178 e. The van der Waals surface area contributed by atoms with Crippen LogP contribution in [0.1, 0.15) is 48.2 Å². The Hall–Kier alpha value is -2.97. The van der Waals surface area contributed by atoms with Crippen LogP contribution >= 0.6 is 0 Å². The molecule has 180 valence electrons. The number of rotatable bonds is 3. The van der Waals surface area contributed by atoms with Gasteiger partial charge in [-0.25, -0.2) is 0 Å². The number of fused-ring (bicyclic) bond motifs is 6. The predicted octanol–water partition coefficient (Wildman–Crippen LogP) is 3.67. The lowest BCUT2D eigenvalue weighted by atomic mass is 9.81. The van der Waals surface area contributed by atoms with Crippen LogP contribution in [0.5, 0.6) is 28.7 Å². The minimum absolute atomic E-state index is 0.00191. The molecule has 8 nitrogen and oxygen atoms in total. The molecule has 0 amide bonds. The fourth-order valence-electron chi connectivity index (χ4n) is 5.50. The van der Waals surface area contributed by atoms with Crippen LogP contribution in [0.4, 0.5) is 0 Å². The van der Waals surface area contributed by atoms with Crippen molar-refractivity contribution >= 4 is 5.78 Å². The number of hydrogen-bond donors (Lipinski definition) is 0. The predicted molar refractivity (Wildman–Crippen MR) is 121 cm³/mol. The first-order valence-electron chi connectivity index (χ1n) is 11.5. The van der Waals surface area contributed by atoms with Crippen LogP contribution in [0, 0.1) is 0 Å². The molecule has 1 saturated heterocycles. The van der Waals surface area contributed by atoms with E-state index in [0.717, 1.165) is 11.1 Å². The molecular formula is C26H28O8. The van der Waals surface area contributed by atoms with E-state index in [0.29, 0.717) is 47.3 Å². The fourth-order valence-corrected chi connectivity index (χ4v) is 5.50. The van der Waals surface area contributed by atoms with Crippen LogP contribution in [0.3, 0.4) is 0 Å². The summed E-state index contributed by atoms with van der Waals surface area (Å²) in [4.78, 5) is 13.8. The second-order valence-electron chi connectivity index (χ2n) is 9.89. The van der Waals surface area contributed by atoms with Crippen LogP contribution in [0.2, 0.25) is 0 Å². The molecule has 2 aromatic rings. The lowest BCUT2D eigenvalue weighted by Crippen LogP contribution is -2.46. The Morgan fingerprint density at radius 3 is 2.47 bits per heavy atom. The van der Waals surface area contributed by atoms with E-state index in [-0.39, 0.29) is 18.5 Å². The highest BCUT2D eigenvalue weighted by Crippen LogP contribution is 2.51. The van der Waals surface area contributed by atoms with Crippen molar-refractivity contribution in [1.29, 1.82) is 0 Å². The number of hydrogen-bond acceptors (Lipinski definition) is 8. The fraction of sp³-hybridized carbons (Fsp3) is 0.500. The van der Waals surface area contributed by atoms with Crippen molar-refractivity contribution in [2.45, 2.75) is 56.7 Å². The number of carbonyl (C=O) groups is 1. The molecule has 0 spiro atoms. The minimum Gasteiger partial charge on any atom is -0.493 e. The lowest BCUT2D eigenvalue weighted by molar-refractivity contribution is -0.173. The quantitative estimate of drug-likeness (QED) is 0.675. The normalized spacial score (nSPS) is 30.1. The van der Waals surface area contributed by atoms with Gasteiger partial charge in [-0.1, -0.05) is 0 Å². The standard InChI is InChI=1S/C26H28O8/c1-25(2)31-12-26(3,34-25)21-9-15-16(32-21)7-6-13-23(27)22-14-8-18(28-4)19(29-5)10-17(14)30-11-20(22)33-24(13)15/h6-8,10,20-22H,9,11-12H2,1-5H3/t20-,21-,22+,26-/m1/s1. The molecule has 0 unspecified atom stereocenters. The number of carbonyl (C=O) groups excluding carboxylic acids is 1. The van der Waals surface area contributed by atoms with Gasteiger partial charge in [0.15, 0.2) is 23.1 Å². The summed E-state index contributed by atoms with van der Waals surface area (Å²) in [6, 6.07) is 7.22. The van der Waals surface area contributed by atoms with Crippen molar-refractivity contribution in [3.63, 3.8) is 0 Å². The molecule has 6 rings (SSSR count). The lowest BCUT2D eigenvalue weighted by Gasteiger charge is -2.37. The average molecular weight is 469 g/mol. The van der Waals surface area contributed by atoms with E-state index in [2.05, 4.69) is 0 Å². The monoisotopic (exact) mass is 468 g/mol. The third kappa shape index (κ3) is 3.08. The van der Waals surface area contributed by atoms with Gasteiger partial charge < -0.3 is 33.2 Å². The van der Waals surface area contributed by atoms with Gasteiger partial charge in [0, 0.05) is 23.6 Å². The van der Waals surface area contributed by atoms with Gasteiger partial charge in [-0.05, 0) is 39.0 Å². The maximum atomic E-state index is 13.8. The topological polar surface area (TPSA) is 81.7 Å². The molecule has 0 aliphatic carbocycles. The van der Waals surface area contributed by atoms with E-state index >= 15 is 0 Å². The number of Topliss-reactive ketones (excluding diaryl/α,β-unsaturated/α-hetero) is 1. The molecule has 4 atom stereocenters. The van der Waals surface area contributed by atoms with E-state index in [1.807, 2.05) is 32.9 Å². The Morgan fingerprint density at radius 1 is 1.00 bits per heavy atom. The maximum absolute atomic E-state index is 13.8. The molecular weight excluding hydrogens is 440 g/mol. The van der Waals surface area contributed by atoms with Crippen molar-refractivity contribution < 1.29 is 38.0 Å². The van der Waals surface area contributed by atoms with Crippen molar-refractivity contribution in [1.82, 2.24) is 0 Å². The first kappa shape index (κ1) is 21.6. The molecule has 8 heteroatoms. The summed E-state index contributed by atoms with van der Waals surface area (Å²) < 4.78 is 41.6. The Balaban J connectivity index is 1.35. The molecule has 4 aliphatic rings. The molecule has 0 saturated carbocycles. The van der Waals surface area contributed by atoms with Gasteiger partial charge >= 0.3 is 0 Å². The van der Waals surface area contributed by atoms with Crippen molar-refractivity contribution in [3.8, 4) is 28.7 Å². The molecule has 4 aliphatic heterocycles. The molecule has 0 aromatic heterocycles. The zero-order valence-corrected chi connectivity index (χ0v) is 19.9. The van der Waals surface area contributed by atoms with E-state index in [4.69, 9.17) is 33.2 Å². The highest BCUT2D eigenvalue weighted by molar-refractivity contribution is 6.06. The Morgan fingerprint density at radius 2 is 1.76 bits per heavy atom. The number of methoxy groups -OCH3 is 2. The Kier molecular flexibility index (Phi) is 4.60. The second kappa shape index (κ2) is 7.26. The Bertz CT molecular complexity index is 1190. The van der Waals surface area contributed by atoms with Gasteiger partial charge in [-0.2, -0.15) is 0 Å². The highest BCUT2D eigenvalue weighted by Gasteiger charge is 2.52. The first-order valence-corrected chi connectivity index (χ1v) is 11.5. The molecule has 2 aromatic carbocycles. The van der Waals surface area contributed by atoms with Crippen LogP contribution in [-0.4, -0.2) is 56.8 Å². The maximum Gasteiger partial charge on any atom is 0.178 e. The summed E-state index contributed by atoms with van der Waals surface area (Å²) in [7, 11) is 3.14. The average Bonchev–Trinajstić information content (AvgIpc) is 3.39. The second-order valence-corrected chi connectivity index (χ2v) is 9.89. The SMILES string of the molecule is COc1cc2c(cc1OC)[C@@H]1C(=O)c3ccc4c(c3O[C@@H]1CO2)C[C@H]([C@@]1(C)COC(C)(C)O1)O4. The van der Waals surface area contributed by atoms with Gasteiger partial charge in [-0.15, -0.1) is 0 Å². The molecule has 0 bridgehead atoms. The van der Waals surface area contributed by atoms with Crippen LogP contribution in [0.15, 0.2) is 24.3 Å². The van der Waals surface area contributed by atoms with Crippen molar-refractivity contribution in [2.75, 3.05) is 27.4 Å². The summed E-state index contributed by atoms with van der Waals surface area (Å²) in [5, 5.41) is 0. The summed E-state index contributed by atoms with van der Waals surface area (Å²) in [6.45, 7) is 6.49. The third-order valence-corrected chi connectivity index (χ3v) is 7.19.